The molecule has 2 heterocycles. The van der Waals surface area contributed by atoms with Gasteiger partial charge in [-0.2, -0.15) is 0 Å². The van der Waals surface area contributed by atoms with Crippen LogP contribution in [-0.4, -0.2) is 25.7 Å². The zero-order chi connectivity index (χ0) is 12.0. The van der Waals surface area contributed by atoms with Crippen molar-refractivity contribution in [3.05, 3.63) is 33.4 Å². The molecule has 0 aromatic carbocycles. The summed E-state index contributed by atoms with van der Waals surface area (Å²) in [6.45, 7) is 0. The maximum absolute atomic E-state index is 12.1. The van der Waals surface area contributed by atoms with Gasteiger partial charge in [-0.15, -0.1) is 0 Å². The highest BCUT2D eigenvalue weighted by Crippen LogP contribution is 2.17. The molecule has 17 heavy (non-hydrogen) atoms. The molecule has 1 aliphatic rings. The molecule has 88 valence electrons. The predicted molar refractivity (Wildman–Crippen MR) is 59.4 cm³/mol. The molecule has 0 atom stereocenters. The Morgan fingerprint density at radius 3 is 2.94 bits per heavy atom. The molecule has 0 saturated heterocycles. The molecule has 2 aromatic heterocycles. The summed E-state index contributed by atoms with van der Waals surface area (Å²) in [7, 11) is 0. The number of rotatable bonds is 1. The monoisotopic (exact) mass is 233 g/mol. The zero-order valence-corrected chi connectivity index (χ0v) is 9.06. The van der Waals surface area contributed by atoms with Crippen LogP contribution in [-0.2, 0) is 12.8 Å². The number of nitrogens with one attached hydrogen (secondary N) is 1. The smallest absolute Gasteiger partial charge is 0.353 e. The summed E-state index contributed by atoms with van der Waals surface area (Å²) >= 11 is 0. The largest absolute Gasteiger partial charge is 0.477 e. The average Bonchev–Trinajstić information content (AvgIpc) is 2.74. The van der Waals surface area contributed by atoms with Crippen LogP contribution in [0.15, 0.2) is 10.9 Å². The van der Waals surface area contributed by atoms with E-state index in [1.807, 2.05) is 0 Å². The van der Waals surface area contributed by atoms with Gasteiger partial charge in [0.1, 0.15) is 5.69 Å². The first-order chi connectivity index (χ1) is 8.16. The second kappa shape index (κ2) is 3.44. The second-order valence-electron chi connectivity index (χ2n) is 4.22. The minimum Gasteiger partial charge on any atom is -0.477 e. The summed E-state index contributed by atoms with van der Waals surface area (Å²) in [6, 6.07) is 1.39. The number of aryl methyl sites for hydroxylation is 1. The molecule has 0 bridgehead atoms. The highest BCUT2D eigenvalue weighted by molar-refractivity contribution is 5.86. The molecule has 2 aromatic rings. The Labute approximate surface area is 95.9 Å². The van der Waals surface area contributed by atoms with Crippen LogP contribution in [0.25, 0.3) is 5.65 Å². The number of carbonyl (C=O) groups is 1. The highest BCUT2D eigenvalue weighted by Gasteiger charge is 2.18. The van der Waals surface area contributed by atoms with Gasteiger partial charge >= 0.3 is 5.97 Å². The predicted octanol–water partition coefficient (Wildman–Crippen LogP) is 0.600. The van der Waals surface area contributed by atoms with Crippen molar-refractivity contribution in [2.45, 2.75) is 25.7 Å². The summed E-state index contributed by atoms with van der Waals surface area (Å²) in [5, 5.41) is 11.4. The van der Waals surface area contributed by atoms with Gasteiger partial charge in [-0.05, 0) is 25.7 Å². The first-order valence-corrected chi connectivity index (χ1v) is 5.53. The maximum atomic E-state index is 12.1. The van der Waals surface area contributed by atoms with Gasteiger partial charge < -0.3 is 5.11 Å². The number of H-pyrrole nitrogens is 1. The molecule has 1 aliphatic carbocycles. The van der Waals surface area contributed by atoms with Crippen molar-refractivity contribution in [2.24, 2.45) is 0 Å². The highest BCUT2D eigenvalue weighted by atomic mass is 16.4. The van der Waals surface area contributed by atoms with E-state index in [2.05, 4.69) is 10.1 Å². The molecule has 0 saturated carbocycles. The molecule has 2 N–H and O–H groups in total. The Bertz CT molecular complexity index is 668. The molecule has 0 radical (unpaired) electrons. The van der Waals surface area contributed by atoms with Crippen molar-refractivity contribution in [3.8, 4) is 0 Å². The molecule has 6 heteroatoms. The van der Waals surface area contributed by atoms with Gasteiger partial charge in [-0.1, -0.05) is 0 Å². The van der Waals surface area contributed by atoms with Gasteiger partial charge in [0, 0.05) is 11.6 Å². The van der Waals surface area contributed by atoms with E-state index in [9.17, 15) is 9.59 Å². The standard InChI is InChI=1S/C11H11N3O3/c15-10-6-3-1-2-4-7(6)12-9-5-8(11(16)17)13-14(9)10/h5,13H,1-4H2,(H,16,17). The molecule has 0 amide bonds. The van der Waals surface area contributed by atoms with Gasteiger partial charge in [0.25, 0.3) is 5.56 Å². The van der Waals surface area contributed by atoms with Crippen molar-refractivity contribution in [1.82, 2.24) is 14.6 Å². The molecular weight excluding hydrogens is 222 g/mol. The first kappa shape index (κ1) is 10.1. The number of carboxylic acid groups (broad SMARTS) is 1. The van der Waals surface area contributed by atoms with E-state index < -0.39 is 5.97 Å². The molecule has 0 spiro atoms. The maximum Gasteiger partial charge on any atom is 0.353 e. The van der Waals surface area contributed by atoms with E-state index in [0.29, 0.717) is 11.2 Å². The lowest BCUT2D eigenvalue weighted by molar-refractivity contribution is 0.0690. The van der Waals surface area contributed by atoms with Crippen molar-refractivity contribution >= 4 is 11.6 Å². The van der Waals surface area contributed by atoms with Crippen LogP contribution in [0.4, 0.5) is 0 Å². The SMILES string of the molecule is O=C(O)c1cc2nc3c(c(=O)n2[nH]1)CCCC3. The Kier molecular flexibility index (Phi) is 2.04. The van der Waals surface area contributed by atoms with E-state index in [1.165, 1.54) is 10.6 Å². The fourth-order valence-corrected chi connectivity index (χ4v) is 2.27. The Balaban J connectivity index is 2.33. The Morgan fingerprint density at radius 2 is 2.18 bits per heavy atom. The number of fused-ring (bicyclic) bond motifs is 2. The van der Waals surface area contributed by atoms with Gasteiger partial charge in [-0.3, -0.25) is 9.89 Å². The number of hydrogen-bond acceptors (Lipinski definition) is 3. The topological polar surface area (TPSA) is 87.5 Å². The van der Waals surface area contributed by atoms with Crippen LogP contribution >= 0.6 is 0 Å². The number of carboxylic acids is 1. The third kappa shape index (κ3) is 1.44. The molecule has 0 fully saturated rings. The van der Waals surface area contributed by atoms with Gasteiger partial charge in [0.2, 0.25) is 0 Å². The fourth-order valence-electron chi connectivity index (χ4n) is 2.27. The third-order valence-electron chi connectivity index (χ3n) is 3.11. The summed E-state index contributed by atoms with van der Waals surface area (Å²) in [6.07, 6.45) is 3.55. The van der Waals surface area contributed by atoms with Gasteiger partial charge in [0.15, 0.2) is 5.65 Å². The van der Waals surface area contributed by atoms with Crippen molar-refractivity contribution in [2.75, 3.05) is 0 Å². The average molecular weight is 233 g/mol. The molecular formula is C11H11N3O3. The Morgan fingerprint density at radius 1 is 1.41 bits per heavy atom. The molecule has 0 unspecified atom stereocenters. The lowest BCUT2D eigenvalue weighted by Gasteiger charge is -2.13. The first-order valence-electron chi connectivity index (χ1n) is 5.53. The minimum atomic E-state index is -1.09. The van der Waals surface area contributed by atoms with Gasteiger partial charge in [-0.25, -0.2) is 14.3 Å². The lowest BCUT2D eigenvalue weighted by Crippen LogP contribution is -2.25. The summed E-state index contributed by atoms with van der Waals surface area (Å²) in [5.74, 6) is -1.09. The summed E-state index contributed by atoms with van der Waals surface area (Å²) in [4.78, 5) is 27.3. The lowest BCUT2D eigenvalue weighted by atomic mass is 9.97. The molecule has 6 nitrogen and oxygen atoms in total. The summed E-state index contributed by atoms with van der Waals surface area (Å²) in [5.41, 5.74) is 1.73. The number of aromatic amines is 1. The molecule has 0 aliphatic heterocycles. The van der Waals surface area contributed by atoms with Gasteiger partial charge in [0.05, 0.1) is 5.69 Å². The van der Waals surface area contributed by atoms with Crippen LogP contribution in [0.2, 0.25) is 0 Å². The van der Waals surface area contributed by atoms with Crippen LogP contribution < -0.4 is 5.56 Å². The fraction of sp³-hybridized carbons (Fsp3) is 0.364. The van der Waals surface area contributed by atoms with E-state index in [0.717, 1.165) is 31.4 Å². The van der Waals surface area contributed by atoms with E-state index in [1.54, 1.807) is 0 Å². The Hall–Kier alpha value is -2.11. The normalized spacial score (nSPS) is 14.8. The van der Waals surface area contributed by atoms with Crippen LogP contribution in [0.3, 0.4) is 0 Å². The van der Waals surface area contributed by atoms with Crippen molar-refractivity contribution in [3.63, 3.8) is 0 Å². The number of aromatic carboxylic acids is 1. The third-order valence-corrected chi connectivity index (χ3v) is 3.11. The molecule has 3 rings (SSSR count). The van der Waals surface area contributed by atoms with Crippen LogP contribution in [0.5, 0.6) is 0 Å². The van der Waals surface area contributed by atoms with Crippen LogP contribution in [0, 0.1) is 0 Å². The van der Waals surface area contributed by atoms with Crippen molar-refractivity contribution in [1.29, 1.82) is 0 Å². The number of nitrogens with zero attached hydrogens (tertiary/aromatic N) is 2. The van der Waals surface area contributed by atoms with E-state index in [-0.39, 0.29) is 11.3 Å². The quantitative estimate of drug-likeness (QED) is 0.755. The summed E-state index contributed by atoms with van der Waals surface area (Å²) < 4.78 is 1.22. The number of aromatic nitrogens is 3. The zero-order valence-electron chi connectivity index (χ0n) is 9.06. The number of hydrogen-bond donors (Lipinski definition) is 2. The minimum absolute atomic E-state index is 0.0167. The van der Waals surface area contributed by atoms with Crippen LogP contribution in [0.1, 0.15) is 34.6 Å². The van der Waals surface area contributed by atoms with E-state index >= 15 is 0 Å². The van der Waals surface area contributed by atoms with Crippen molar-refractivity contribution < 1.29 is 9.90 Å². The van der Waals surface area contributed by atoms with E-state index in [4.69, 9.17) is 5.11 Å². The second-order valence-corrected chi connectivity index (χ2v) is 4.22.